The van der Waals surface area contributed by atoms with E-state index in [-0.39, 0.29) is 11.5 Å². The summed E-state index contributed by atoms with van der Waals surface area (Å²) in [5.74, 6) is 0.268. The minimum Gasteiger partial charge on any atom is -0.295 e. The number of nitrogens with zero attached hydrogens (tertiary/aromatic N) is 1. The van der Waals surface area contributed by atoms with Crippen LogP contribution in [0.2, 0.25) is 0 Å². The molecule has 1 nitrogen and oxygen atoms in total. The van der Waals surface area contributed by atoms with Gasteiger partial charge in [0.05, 0.1) is 0 Å². The Morgan fingerprint density at radius 3 is 2.17 bits per heavy atom. The number of rotatable bonds is 1. The highest BCUT2D eigenvalue weighted by molar-refractivity contribution is 4.89. The van der Waals surface area contributed by atoms with Gasteiger partial charge in [-0.3, -0.25) is 4.90 Å². The molecule has 0 aromatic heterocycles. The number of hydrogen-bond donors (Lipinski definition) is 0. The van der Waals surface area contributed by atoms with Crippen molar-refractivity contribution in [3.8, 4) is 0 Å². The smallest absolute Gasteiger partial charge is 0.117 e. The van der Waals surface area contributed by atoms with E-state index in [9.17, 15) is 4.39 Å². The average Bonchev–Trinajstić information content (AvgIpc) is 2.29. The van der Waals surface area contributed by atoms with Crippen molar-refractivity contribution in [2.45, 2.75) is 45.8 Å². The van der Waals surface area contributed by atoms with Crippen LogP contribution in [0.15, 0.2) is 0 Å². The van der Waals surface area contributed by atoms with Crippen LogP contribution in [-0.2, 0) is 0 Å². The highest BCUT2D eigenvalue weighted by atomic mass is 19.1. The predicted molar refractivity (Wildman–Crippen MR) is 50.0 cm³/mol. The van der Waals surface area contributed by atoms with Crippen LogP contribution >= 0.6 is 0 Å². The van der Waals surface area contributed by atoms with Gasteiger partial charge in [0.25, 0.3) is 0 Å². The minimum atomic E-state index is -0.603. The maximum atomic E-state index is 13.3. The van der Waals surface area contributed by atoms with Crippen LogP contribution in [-0.4, -0.2) is 29.7 Å². The zero-order chi connectivity index (χ0) is 9.35. The van der Waals surface area contributed by atoms with Crippen LogP contribution in [0.4, 0.5) is 4.39 Å². The summed E-state index contributed by atoms with van der Waals surface area (Å²) < 4.78 is 13.3. The summed E-state index contributed by atoms with van der Waals surface area (Å²) >= 11 is 0. The van der Waals surface area contributed by atoms with Crippen molar-refractivity contribution in [2.75, 3.05) is 13.1 Å². The molecule has 0 aromatic rings. The molecule has 0 amide bonds. The van der Waals surface area contributed by atoms with Gasteiger partial charge in [-0.25, -0.2) is 4.39 Å². The monoisotopic (exact) mass is 173 g/mol. The Morgan fingerprint density at radius 2 is 1.92 bits per heavy atom. The van der Waals surface area contributed by atoms with E-state index in [0.717, 1.165) is 13.0 Å². The lowest BCUT2D eigenvalue weighted by Crippen LogP contribution is -2.39. The van der Waals surface area contributed by atoms with Crippen molar-refractivity contribution in [1.29, 1.82) is 0 Å². The first-order valence-electron chi connectivity index (χ1n) is 4.84. The minimum absolute atomic E-state index is 0.133. The normalized spacial score (nSPS) is 32.8. The molecule has 1 saturated heterocycles. The Labute approximate surface area is 74.9 Å². The van der Waals surface area contributed by atoms with Gasteiger partial charge in [0.15, 0.2) is 0 Å². The standard InChI is InChI=1S/C10H20FN/c1-5-8-6-12(7-9(8)11)10(2,3)4/h8-9H,5-7H2,1-4H3/t8-,9+/m1/s1. The van der Waals surface area contributed by atoms with E-state index in [0.29, 0.717) is 6.54 Å². The van der Waals surface area contributed by atoms with Crippen LogP contribution in [0.1, 0.15) is 34.1 Å². The van der Waals surface area contributed by atoms with Crippen molar-refractivity contribution < 1.29 is 4.39 Å². The molecule has 1 aliphatic heterocycles. The maximum Gasteiger partial charge on any atom is 0.117 e. The molecule has 1 aliphatic rings. The van der Waals surface area contributed by atoms with Crippen LogP contribution in [0.5, 0.6) is 0 Å². The SMILES string of the molecule is CC[C@@H]1CN(C(C)(C)C)C[C@@H]1F. The summed E-state index contributed by atoms with van der Waals surface area (Å²) in [6, 6.07) is 0. The molecule has 12 heavy (non-hydrogen) atoms. The van der Waals surface area contributed by atoms with Gasteiger partial charge in [-0.05, 0) is 27.2 Å². The van der Waals surface area contributed by atoms with Gasteiger partial charge < -0.3 is 0 Å². The van der Waals surface area contributed by atoms with Crippen LogP contribution in [0, 0.1) is 5.92 Å². The second-order valence-corrected chi connectivity index (χ2v) is 4.76. The predicted octanol–water partition coefficient (Wildman–Crippen LogP) is 2.46. The Hall–Kier alpha value is -0.110. The summed E-state index contributed by atoms with van der Waals surface area (Å²) in [6.07, 6.45) is 0.363. The molecule has 0 unspecified atom stereocenters. The van der Waals surface area contributed by atoms with E-state index in [4.69, 9.17) is 0 Å². The molecule has 0 bridgehead atoms. The molecule has 0 aliphatic carbocycles. The van der Waals surface area contributed by atoms with E-state index >= 15 is 0 Å². The van der Waals surface area contributed by atoms with Crippen LogP contribution in [0.3, 0.4) is 0 Å². The molecule has 2 atom stereocenters. The van der Waals surface area contributed by atoms with E-state index in [1.165, 1.54) is 0 Å². The first-order valence-corrected chi connectivity index (χ1v) is 4.84. The second kappa shape index (κ2) is 3.33. The Kier molecular flexibility index (Phi) is 2.77. The summed E-state index contributed by atoms with van der Waals surface area (Å²) in [5, 5.41) is 0. The lowest BCUT2D eigenvalue weighted by molar-refractivity contribution is 0.160. The van der Waals surface area contributed by atoms with Crippen molar-refractivity contribution in [1.82, 2.24) is 4.90 Å². The first kappa shape index (κ1) is 9.97. The van der Waals surface area contributed by atoms with Gasteiger partial charge in [0.2, 0.25) is 0 Å². The summed E-state index contributed by atoms with van der Waals surface area (Å²) in [6.45, 7) is 10.1. The number of hydrogen-bond acceptors (Lipinski definition) is 1. The fourth-order valence-corrected chi connectivity index (χ4v) is 1.76. The fraction of sp³-hybridized carbons (Fsp3) is 1.00. The molecule has 72 valence electrons. The van der Waals surface area contributed by atoms with Crippen LogP contribution in [0.25, 0.3) is 0 Å². The number of alkyl halides is 1. The number of likely N-dealkylation sites (tertiary alicyclic amines) is 1. The molecule has 0 aromatic carbocycles. The second-order valence-electron chi connectivity index (χ2n) is 4.76. The molecule has 1 fully saturated rings. The van der Waals surface area contributed by atoms with E-state index in [1.54, 1.807) is 0 Å². The van der Waals surface area contributed by atoms with Gasteiger partial charge in [-0.15, -0.1) is 0 Å². The maximum absolute atomic E-state index is 13.3. The largest absolute Gasteiger partial charge is 0.295 e. The van der Waals surface area contributed by atoms with Crippen LogP contribution < -0.4 is 0 Å². The molecule has 0 N–H and O–H groups in total. The average molecular weight is 173 g/mol. The first-order chi connectivity index (χ1) is 5.45. The lowest BCUT2D eigenvalue weighted by atomic mass is 10.0. The number of halogens is 1. The topological polar surface area (TPSA) is 3.24 Å². The Bertz CT molecular complexity index is 150. The van der Waals surface area contributed by atoms with Crippen molar-refractivity contribution >= 4 is 0 Å². The van der Waals surface area contributed by atoms with E-state index in [2.05, 4.69) is 32.6 Å². The third-order valence-electron chi connectivity index (χ3n) is 2.83. The van der Waals surface area contributed by atoms with Gasteiger partial charge in [0, 0.05) is 24.5 Å². The molecule has 0 saturated carbocycles. The summed E-state index contributed by atoms with van der Waals surface area (Å²) in [7, 11) is 0. The van der Waals surface area contributed by atoms with E-state index < -0.39 is 6.17 Å². The third-order valence-corrected chi connectivity index (χ3v) is 2.83. The van der Waals surface area contributed by atoms with Crippen molar-refractivity contribution in [3.63, 3.8) is 0 Å². The highest BCUT2D eigenvalue weighted by Crippen LogP contribution is 2.28. The molecular weight excluding hydrogens is 153 g/mol. The summed E-state index contributed by atoms with van der Waals surface area (Å²) in [5.41, 5.74) is 0.133. The quantitative estimate of drug-likeness (QED) is 0.589. The lowest BCUT2D eigenvalue weighted by Gasteiger charge is -2.31. The van der Waals surface area contributed by atoms with Gasteiger partial charge >= 0.3 is 0 Å². The van der Waals surface area contributed by atoms with Gasteiger partial charge in [-0.2, -0.15) is 0 Å². The molecule has 2 heteroatoms. The third kappa shape index (κ3) is 1.98. The summed E-state index contributed by atoms with van der Waals surface area (Å²) in [4.78, 5) is 2.24. The molecule has 0 spiro atoms. The highest BCUT2D eigenvalue weighted by Gasteiger charge is 2.36. The molecular formula is C10H20FN. The zero-order valence-electron chi connectivity index (χ0n) is 8.60. The van der Waals surface area contributed by atoms with Gasteiger partial charge in [0.1, 0.15) is 6.17 Å². The van der Waals surface area contributed by atoms with Crippen molar-refractivity contribution in [3.05, 3.63) is 0 Å². The fourth-order valence-electron chi connectivity index (χ4n) is 1.76. The Balaban J connectivity index is 2.54. The molecule has 0 radical (unpaired) electrons. The Morgan fingerprint density at radius 1 is 1.33 bits per heavy atom. The van der Waals surface area contributed by atoms with Gasteiger partial charge in [-0.1, -0.05) is 6.92 Å². The molecule has 1 heterocycles. The van der Waals surface area contributed by atoms with E-state index in [1.807, 2.05) is 0 Å². The zero-order valence-corrected chi connectivity index (χ0v) is 8.60. The molecule has 1 rings (SSSR count). The van der Waals surface area contributed by atoms with Crippen molar-refractivity contribution in [2.24, 2.45) is 5.92 Å².